The van der Waals surface area contributed by atoms with Gasteiger partial charge in [0.2, 0.25) is 0 Å². The van der Waals surface area contributed by atoms with Crippen LogP contribution in [0.2, 0.25) is 0 Å². The van der Waals surface area contributed by atoms with Crippen molar-refractivity contribution in [3.05, 3.63) is 29.2 Å². The fraction of sp³-hybridized carbons (Fsp3) is 0.565. The molecule has 2 aromatic rings. The number of H-pyrrole nitrogens is 1. The molecule has 1 saturated heterocycles. The summed E-state index contributed by atoms with van der Waals surface area (Å²) < 4.78 is 27.1. The molecule has 5 rings (SSSR count). The molecule has 0 bridgehead atoms. The minimum Gasteiger partial charge on any atom is -0.356 e. The van der Waals surface area contributed by atoms with E-state index >= 15 is 0 Å². The third-order valence-electron chi connectivity index (χ3n) is 6.97. The fourth-order valence-electron chi connectivity index (χ4n) is 5.13. The number of halogens is 2. The number of fused-ring (bicyclic) bond motifs is 1. The Morgan fingerprint density at radius 2 is 1.97 bits per heavy atom. The average molecular weight is 440 g/mol. The number of nitrogens with one attached hydrogen (secondary N) is 2. The van der Waals surface area contributed by atoms with Crippen LogP contribution in [0.1, 0.15) is 72.6 Å². The van der Waals surface area contributed by atoms with Crippen molar-refractivity contribution in [2.45, 2.75) is 63.3 Å². The summed E-state index contributed by atoms with van der Waals surface area (Å²) in [6, 6.07) is 4.37. The van der Waals surface area contributed by atoms with Gasteiger partial charge in [-0.15, -0.1) is 0 Å². The minimum atomic E-state index is -2.62. The molecular formula is C23H26F2N6O. The van der Waals surface area contributed by atoms with Crippen LogP contribution in [0.5, 0.6) is 0 Å². The molecule has 7 nitrogen and oxygen atoms in total. The molecule has 0 unspecified atom stereocenters. The maximum Gasteiger partial charge on any atom is 0.254 e. The van der Waals surface area contributed by atoms with E-state index in [2.05, 4.69) is 21.4 Å². The van der Waals surface area contributed by atoms with Gasteiger partial charge >= 0.3 is 0 Å². The molecule has 2 atom stereocenters. The maximum atomic E-state index is 13.5. The lowest BCUT2D eigenvalue weighted by molar-refractivity contribution is -0.0221. The van der Waals surface area contributed by atoms with Crippen LogP contribution < -0.4 is 10.2 Å². The average Bonchev–Trinajstić information content (AvgIpc) is 3.33. The first-order valence-electron chi connectivity index (χ1n) is 11.3. The number of hydrogen-bond donors (Lipinski definition) is 2. The van der Waals surface area contributed by atoms with Gasteiger partial charge in [-0.3, -0.25) is 9.78 Å². The number of rotatable bonds is 3. The van der Waals surface area contributed by atoms with Crippen LogP contribution in [0.3, 0.4) is 0 Å². The molecule has 32 heavy (non-hydrogen) atoms. The van der Waals surface area contributed by atoms with Gasteiger partial charge in [0, 0.05) is 43.1 Å². The largest absolute Gasteiger partial charge is 0.356 e. The van der Waals surface area contributed by atoms with Crippen LogP contribution >= 0.6 is 0 Å². The van der Waals surface area contributed by atoms with Gasteiger partial charge in [0.1, 0.15) is 11.6 Å². The summed E-state index contributed by atoms with van der Waals surface area (Å²) in [5.74, 6) is -1.68. The third-order valence-corrected chi connectivity index (χ3v) is 6.97. The summed E-state index contributed by atoms with van der Waals surface area (Å²) in [5, 5.41) is 12.6. The smallest absolute Gasteiger partial charge is 0.254 e. The van der Waals surface area contributed by atoms with Gasteiger partial charge in [0.05, 0.1) is 36.0 Å². The number of nitrogens with zero attached hydrogens (tertiary/aromatic N) is 4. The predicted molar refractivity (Wildman–Crippen MR) is 114 cm³/mol. The number of piperidine rings is 1. The number of amides is 1. The topological polar surface area (TPSA) is 97.7 Å². The Hall–Kier alpha value is -3.02. The lowest BCUT2D eigenvalue weighted by atomic mass is 9.85. The van der Waals surface area contributed by atoms with Crippen LogP contribution in [0.15, 0.2) is 12.3 Å². The standard InChI is InChI=1S/C23H26F2N6O/c24-23(25)6-8-31(9-7-23)19-13-27-21(30-19)16-10-17(29-18-12-28-22(32)20(16)18)15-5-3-1-2-4-14(15)11-26/h10,13-15H,1-9,12H2,(H,27,30)(H,28,32)/t14-,15-/m1/s1. The van der Waals surface area contributed by atoms with Gasteiger partial charge in [0.15, 0.2) is 0 Å². The molecule has 0 spiro atoms. The Bertz CT molecular complexity index is 1060. The van der Waals surface area contributed by atoms with Crippen molar-refractivity contribution < 1.29 is 13.6 Å². The fourth-order valence-corrected chi connectivity index (χ4v) is 5.13. The molecule has 2 aromatic heterocycles. The van der Waals surface area contributed by atoms with Crippen molar-refractivity contribution in [1.82, 2.24) is 20.3 Å². The Labute approximate surface area is 185 Å². The highest BCUT2D eigenvalue weighted by molar-refractivity contribution is 6.03. The summed E-state index contributed by atoms with van der Waals surface area (Å²) in [4.78, 5) is 27.0. The molecule has 2 N–H and O–H groups in total. The van der Waals surface area contributed by atoms with Crippen LogP contribution in [-0.2, 0) is 6.54 Å². The number of alkyl halides is 2. The van der Waals surface area contributed by atoms with E-state index in [-0.39, 0.29) is 43.7 Å². The second kappa shape index (κ2) is 8.15. The van der Waals surface area contributed by atoms with Crippen molar-refractivity contribution in [2.24, 2.45) is 5.92 Å². The number of carbonyl (C=O) groups is 1. The Morgan fingerprint density at radius 3 is 2.75 bits per heavy atom. The zero-order chi connectivity index (χ0) is 22.3. The number of pyridine rings is 1. The highest BCUT2D eigenvalue weighted by Gasteiger charge is 2.35. The summed E-state index contributed by atoms with van der Waals surface area (Å²) in [6.45, 7) is 0.856. The monoisotopic (exact) mass is 440 g/mol. The summed E-state index contributed by atoms with van der Waals surface area (Å²) in [6.07, 6.45) is 6.24. The van der Waals surface area contributed by atoms with Crippen molar-refractivity contribution in [1.29, 1.82) is 5.26 Å². The van der Waals surface area contributed by atoms with Gasteiger partial charge in [0.25, 0.3) is 11.8 Å². The van der Waals surface area contributed by atoms with E-state index in [1.165, 1.54) is 0 Å². The second-order valence-corrected chi connectivity index (χ2v) is 9.04. The molecule has 0 aromatic carbocycles. The van der Waals surface area contributed by atoms with E-state index in [0.717, 1.165) is 37.8 Å². The zero-order valence-corrected chi connectivity index (χ0v) is 17.8. The number of aromatic nitrogens is 3. The molecule has 1 saturated carbocycles. The lowest BCUT2D eigenvalue weighted by Crippen LogP contribution is -2.39. The van der Waals surface area contributed by atoms with E-state index in [0.29, 0.717) is 35.0 Å². The first-order chi connectivity index (χ1) is 15.4. The highest BCUT2D eigenvalue weighted by atomic mass is 19.3. The third kappa shape index (κ3) is 3.83. The Balaban J connectivity index is 1.51. The first-order valence-corrected chi connectivity index (χ1v) is 11.3. The van der Waals surface area contributed by atoms with Crippen molar-refractivity contribution >= 4 is 11.7 Å². The van der Waals surface area contributed by atoms with Crippen LogP contribution in [0.25, 0.3) is 11.4 Å². The molecular weight excluding hydrogens is 414 g/mol. The van der Waals surface area contributed by atoms with Crippen LogP contribution in [0.4, 0.5) is 14.6 Å². The SMILES string of the molecule is N#C[C@H]1CCCCC[C@H]1c1cc(-c2ncc(N3CCC(F)(F)CC3)[nH]2)c2c(n1)CNC2=O. The van der Waals surface area contributed by atoms with E-state index in [4.69, 9.17) is 4.98 Å². The van der Waals surface area contributed by atoms with E-state index in [1.807, 2.05) is 11.0 Å². The minimum absolute atomic E-state index is 0.0287. The van der Waals surface area contributed by atoms with E-state index in [9.17, 15) is 18.8 Å². The Morgan fingerprint density at radius 1 is 1.19 bits per heavy atom. The van der Waals surface area contributed by atoms with Crippen molar-refractivity contribution in [3.63, 3.8) is 0 Å². The number of imidazole rings is 1. The summed E-state index contributed by atoms with van der Waals surface area (Å²) in [5.41, 5.74) is 2.68. The quantitative estimate of drug-likeness (QED) is 0.699. The van der Waals surface area contributed by atoms with Gasteiger partial charge in [-0.2, -0.15) is 5.26 Å². The van der Waals surface area contributed by atoms with Gasteiger partial charge in [-0.1, -0.05) is 19.3 Å². The van der Waals surface area contributed by atoms with E-state index < -0.39 is 5.92 Å². The van der Waals surface area contributed by atoms with Gasteiger partial charge in [-0.05, 0) is 18.9 Å². The number of hydrogen-bond acceptors (Lipinski definition) is 5. The van der Waals surface area contributed by atoms with Crippen molar-refractivity contribution in [3.8, 4) is 17.5 Å². The van der Waals surface area contributed by atoms with Crippen molar-refractivity contribution in [2.75, 3.05) is 18.0 Å². The molecule has 0 radical (unpaired) electrons. The molecule has 3 aliphatic rings. The normalized spacial score (nSPS) is 25.0. The molecule has 2 fully saturated rings. The highest BCUT2D eigenvalue weighted by Crippen LogP contribution is 2.39. The first kappa shape index (κ1) is 20.9. The molecule has 9 heteroatoms. The number of nitriles is 1. The number of aromatic amines is 1. The number of anilines is 1. The maximum absolute atomic E-state index is 13.5. The molecule has 1 aliphatic carbocycles. The molecule has 168 valence electrons. The van der Waals surface area contributed by atoms with Gasteiger partial charge in [-0.25, -0.2) is 13.8 Å². The van der Waals surface area contributed by atoms with Crippen LogP contribution in [-0.4, -0.2) is 39.9 Å². The number of carbonyl (C=O) groups excluding carboxylic acids is 1. The Kier molecular flexibility index (Phi) is 5.31. The zero-order valence-electron chi connectivity index (χ0n) is 17.8. The summed E-state index contributed by atoms with van der Waals surface area (Å²) in [7, 11) is 0. The van der Waals surface area contributed by atoms with E-state index in [1.54, 1.807) is 6.20 Å². The lowest BCUT2D eigenvalue weighted by Gasteiger charge is -2.32. The van der Waals surface area contributed by atoms with Gasteiger partial charge < -0.3 is 15.2 Å². The molecule has 1 amide bonds. The second-order valence-electron chi connectivity index (χ2n) is 9.04. The summed E-state index contributed by atoms with van der Waals surface area (Å²) >= 11 is 0. The van der Waals surface area contributed by atoms with Crippen LogP contribution in [0, 0.1) is 17.2 Å². The molecule has 4 heterocycles. The molecule has 2 aliphatic heterocycles. The predicted octanol–water partition coefficient (Wildman–Crippen LogP) is 4.14.